The number of nitrogens with one attached hydrogen (secondary N) is 2. The van der Waals surface area contributed by atoms with Gasteiger partial charge >= 0.3 is 6.18 Å². The Morgan fingerprint density at radius 3 is 2.36 bits per heavy atom. The summed E-state index contributed by atoms with van der Waals surface area (Å²) in [6.07, 6.45) is -3.58. The summed E-state index contributed by atoms with van der Waals surface area (Å²) in [7, 11) is 3.12. The van der Waals surface area contributed by atoms with E-state index >= 15 is 0 Å². The molecule has 0 atom stereocenters. The van der Waals surface area contributed by atoms with Crippen molar-refractivity contribution in [2.75, 3.05) is 33.7 Å². The average Bonchev–Trinajstić information content (AvgIpc) is 2.52. The molecule has 0 spiro atoms. The van der Waals surface area contributed by atoms with Gasteiger partial charge in [0.05, 0.1) is 6.54 Å². The zero-order valence-corrected chi connectivity index (χ0v) is 19.5. The first-order valence-electron chi connectivity index (χ1n) is 8.97. The molecule has 2 N–H and O–H groups in total. The number of ether oxygens (including phenoxy) is 1. The molecule has 9 heteroatoms. The highest BCUT2D eigenvalue weighted by Gasteiger charge is 2.28. The molecule has 0 fully saturated rings. The maximum atomic E-state index is 12.3. The third kappa shape index (κ3) is 12.3. The molecule has 0 unspecified atom stereocenters. The van der Waals surface area contributed by atoms with E-state index in [0.29, 0.717) is 32.0 Å². The van der Waals surface area contributed by atoms with Crippen molar-refractivity contribution < 1.29 is 17.9 Å². The number of hydrogen-bond acceptors (Lipinski definition) is 3. The Bertz CT molecular complexity index is 604. The van der Waals surface area contributed by atoms with E-state index in [1.165, 1.54) is 11.9 Å². The Morgan fingerprint density at radius 2 is 1.79 bits per heavy atom. The van der Waals surface area contributed by atoms with Crippen molar-refractivity contribution in [2.45, 2.75) is 45.5 Å². The number of halogens is 4. The Kier molecular flexibility index (Phi) is 11.8. The van der Waals surface area contributed by atoms with Gasteiger partial charge in [0.2, 0.25) is 0 Å². The van der Waals surface area contributed by atoms with Crippen LogP contribution >= 0.6 is 24.0 Å². The van der Waals surface area contributed by atoms with Crippen LogP contribution in [-0.2, 0) is 6.54 Å². The second kappa shape index (κ2) is 12.4. The van der Waals surface area contributed by atoms with Crippen LogP contribution in [0.1, 0.15) is 32.8 Å². The molecule has 1 aromatic carbocycles. The molecular formula is C19H32F3IN4O. The molecule has 1 aromatic rings. The van der Waals surface area contributed by atoms with Crippen LogP contribution < -0.4 is 15.4 Å². The van der Waals surface area contributed by atoms with Gasteiger partial charge in [0.25, 0.3) is 0 Å². The van der Waals surface area contributed by atoms with Gasteiger partial charge in [0, 0.05) is 25.7 Å². The van der Waals surface area contributed by atoms with Crippen LogP contribution in [0.2, 0.25) is 0 Å². The van der Waals surface area contributed by atoms with Crippen molar-refractivity contribution in [1.29, 1.82) is 0 Å². The second-order valence-electron chi connectivity index (χ2n) is 7.38. The fourth-order valence-electron chi connectivity index (χ4n) is 2.42. The fraction of sp³-hybridized carbons (Fsp3) is 0.632. The minimum absolute atomic E-state index is 0. The van der Waals surface area contributed by atoms with Crippen LogP contribution in [0.3, 0.4) is 0 Å². The zero-order valence-electron chi connectivity index (χ0n) is 17.2. The Hall–Kier alpha value is -1.23. The standard InChI is InChI=1S/C19H31F3N4O.HI/c1-18(2,3)27-16-10-7-6-9-15(16)13-25-17(23-4)24-11-8-12-26(5)14-19(20,21)22;/h6-7,9-10H,8,11-14H2,1-5H3,(H2,23,24,25);1H. The molecule has 0 amide bonds. The van der Waals surface area contributed by atoms with E-state index in [1.54, 1.807) is 7.05 Å². The van der Waals surface area contributed by atoms with E-state index in [9.17, 15) is 13.2 Å². The fourth-order valence-corrected chi connectivity index (χ4v) is 2.42. The van der Waals surface area contributed by atoms with Crippen LogP contribution in [0.15, 0.2) is 29.3 Å². The lowest BCUT2D eigenvalue weighted by Gasteiger charge is -2.23. The minimum atomic E-state index is -4.16. The van der Waals surface area contributed by atoms with Crippen LogP contribution in [0.4, 0.5) is 13.2 Å². The van der Waals surface area contributed by atoms with Gasteiger partial charge in [-0.3, -0.25) is 9.89 Å². The van der Waals surface area contributed by atoms with Crippen LogP contribution in [0.25, 0.3) is 0 Å². The molecule has 28 heavy (non-hydrogen) atoms. The molecule has 0 saturated carbocycles. The van der Waals surface area contributed by atoms with E-state index in [2.05, 4.69) is 15.6 Å². The lowest BCUT2D eigenvalue weighted by Crippen LogP contribution is -2.39. The van der Waals surface area contributed by atoms with Gasteiger partial charge in [-0.05, 0) is 46.9 Å². The van der Waals surface area contributed by atoms with Gasteiger partial charge in [0.1, 0.15) is 11.4 Å². The van der Waals surface area contributed by atoms with Crippen molar-refractivity contribution in [3.63, 3.8) is 0 Å². The zero-order chi connectivity index (χ0) is 20.5. The molecule has 5 nitrogen and oxygen atoms in total. The van der Waals surface area contributed by atoms with Gasteiger partial charge < -0.3 is 15.4 Å². The molecule has 0 heterocycles. The summed E-state index contributed by atoms with van der Waals surface area (Å²) in [6.45, 7) is 6.49. The number of alkyl halides is 3. The number of benzene rings is 1. The summed E-state index contributed by atoms with van der Waals surface area (Å²) in [5, 5.41) is 6.32. The number of nitrogens with zero attached hydrogens (tertiary/aromatic N) is 2. The second-order valence-corrected chi connectivity index (χ2v) is 7.38. The predicted molar refractivity (Wildman–Crippen MR) is 119 cm³/mol. The quantitative estimate of drug-likeness (QED) is 0.237. The van der Waals surface area contributed by atoms with Gasteiger partial charge in [-0.15, -0.1) is 24.0 Å². The summed E-state index contributed by atoms with van der Waals surface area (Å²) < 4.78 is 42.9. The Morgan fingerprint density at radius 1 is 1.14 bits per heavy atom. The molecule has 1 rings (SSSR count). The average molecular weight is 516 g/mol. The number of aliphatic imine (C=N–C) groups is 1. The van der Waals surface area contributed by atoms with Crippen LogP contribution in [0.5, 0.6) is 5.75 Å². The highest BCUT2D eigenvalue weighted by molar-refractivity contribution is 14.0. The summed E-state index contributed by atoms with van der Waals surface area (Å²) in [5.74, 6) is 1.40. The van der Waals surface area contributed by atoms with Crippen LogP contribution in [-0.4, -0.2) is 56.4 Å². The largest absolute Gasteiger partial charge is 0.488 e. The molecule has 0 aliphatic rings. The van der Waals surface area contributed by atoms with Crippen molar-refractivity contribution in [2.24, 2.45) is 4.99 Å². The number of guanidine groups is 1. The van der Waals surface area contributed by atoms with E-state index in [4.69, 9.17) is 4.74 Å². The smallest absolute Gasteiger partial charge is 0.401 e. The van der Waals surface area contributed by atoms with Gasteiger partial charge in [0.15, 0.2) is 5.96 Å². The topological polar surface area (TPSA) is 48.9 Å². The van der Waals surface area contributed by atoms with Gasteiger partial charge in [-0.2, -0.15) is 13.2 Å². The Balaban J connectivity index is 0.00000729. The van der Waals surface area contributed by atoms with E-state index in [-0.39, 0.29) is 29.6 Å². The van der Waals surface area contributed by atoms with Crippen LogP contribution in [0, 0.1) is 0 Å². The van der Waals surface area contributed by atoms with Gasteiger partial charge in [-0.1, -0.05) is 18.2 Å². The molecule has 162 valence electrons. The van der Waals surface area contributed by atoms with Crippen molar-refractivity contribution in [3.8, 4) is 5.75 Å². The molecule has 0 aromatic heterocycles. The van der Waals surface area contributed by atoms with Crippen molar-refractivity contribution >= 4 is 29.9 Å². The maximum absolute atomic E-state index is 12.3. The van der Waals surface area contributed by atoms with Crippen molar-refractivity contribution in [3.05, 3.63) is 29.8 Å². The Labute approximate surface area is 183 Å². The molecule has 0 aliphatic heterocycles. The first-order valence-corrected chi connectivity index (χ1v) is 8.97. The molecule has 0 bridgehead atoms. The van der Waals surface area contributed by atoms with Gasteiger partial charge in [-0.25, -0.2) is 0 Å². The summed E-state index contributed by atoms with van der Waals surface area (Å²) >= 11 is 0. The predicted octanol–water partition coefficient (Wildman–Crippen LogP) is 4.03. The highest BCUT2D eigenvalue weighted by Crippen LogP contribution is 2.22. The summed E-state index contributed by atoms with van der Waals surface area (Å²) in [4.78, 5) is 5.41. The third-order valence-corrected chi connectivity index (χ3v) is 3.52. The normalized spacial score (nSPS) is 12.5. The highest BCUT2D eigenvalue weighted by atomic mass is 127. The number of para-hydroxylation sites is 1. The summed E-state index contributed by atoms with van der Waals surface area (Å²) in [5.41, 5.74) is 0.707. The monoisotopic (exact) mass is 516 g/mol. The lowest BCUT2D eigenvalue weighted by molar-refractivity contribution is -0.143. The van der Waals surface area contributed by atoms with E-state index in [0.717, 1.165) is 11.3 Å². The first-order chi connectivity index (χ1) is 12.5. The maximum Gasteiger partial charge on any atom is 0.401 e. The van der Waals surface area contributed by atoms with E-state index < -0.39 is 12.7 Å². The van der Waals surface area contributed by atoms with Crippen molar-refractivity contribution in [1.82, 2.24) is 15.5 Å². The molecule has 0 radical (unpaired) electrons. The molecule has 0 saturated heterocycles. The first kappa shape index (κ1) is 26.8. The summed E-state index contributed by atoms with van der Waals surface area (Å²) in [6, 6.07) is 7.77. The third-order valence-electron chi connectivity index (χ3n) is 3.52. The van der Waals surface area contributed by atoms with E-state index in [1.807, 2.05) is 45.0 Å². The SMILES string of the molecule is CN=C(NCCCN(C)CC(F)(F)F)NCc1ccccc1OC(C)(C)C.I. The number of hydrogen-bond donors (Lipinski definition) is 2. The molecular weight excluding hydrogens is 484 g/mol. The minimum Gasteiger partial charge on any atom is -0.488 e. The molecule has 0 aliphatic carbocycles. The number of rotatable bonds is 8. The lowest BCUT2D eigenvalue weighted by atomic mass is 10.1.